The first kappa shape index (κ1) is 31.6. The van der Waals surface area contributed by atoms with Crippen molar-refractivity contribution in [3.63, 3.8) is 0 Å². The monoisotopic (exact) mass is 743 g/mol. The summed E-state index contributed by atoms with van der Waals surface area (Å²) >= 11 is 0. The summed E-state index contributed by atoms with van der Waals surface area (Å²) in [5.41, 5.74) is 15.9. The van der Waals surface area contributed by atoms with Crippen molar-refractivity contribution < 1.29 is 13.3 Å². The largest absolute Gasteiger partial charge is 0.456 e. The Kier molecular flexibility index (Phi) is 6.53. The van der Waals surface area contributed by atoms with Crippen molar-refractivity contribution in [2.45, 2.75) is 12.0 Å². The Hall–Kier alpha value is -7.56. The van der Waals surface area contributed by atoms with Crippen LogP contribution in [-0.2, 0) is 0 Å². The van der Waals surface area contributed by atoms with Gasteiger partial charge in [0.15, 0.2) is 0 Å². The van der Waals surface area contributed by atoms with E-state index in [-0.39, 0.29) is 12.0 Å². The quantitative estimate of drug-likeness (QED) is 0.180. The molecule has 0 N–H and O–H groups in total. The molecule has 2 atom stereocenters. The number of anilines is 2. The fourth-order valence-corrected chi connectivity index (χ4v) is 9.94. The zero-order chi connectivity index (χ0) is 37.9. The highest BCUT2D eigenvalue weighted by atomic mass is 16.3. The van der Waals surface area contributed by atoms with Gasteiger partial charge in [-0.25, -0.2) is 0 Å². The van der Waals surface area contributed by atoms with E-state index < -0.39 is 0 Å². The minimum absolute atomic E-state index is 0.00446. The fourth-order valence-electron chi connectivity index (χ4n) is 9.94. The normalized spacial score (nSPS) is 16.3. The Balaban J connectivity index is 0.993. The highest BCUT2D eigenvalue weighted by molar-refractivity contribution is 6.12. The van der Waals surface area contributed by atoms with Gasteiger partial charge in [0.25, 0.3) is 0 Å². The number of allylic oxidation sites excluding steroid dienone is 2. The van der Waals surface area contributed by atoms with E-state index in [0.717, 1.165) is 93.8 Å². The Labute approximate surface area is 333 Å². The van der Waals surface area contributed by atoms with Gasteiger partial charge in [-0.2, -0.15) is 0 Å². The van der Waals surface area contributed by atoms with Crippen LogP contribution >= 0.6 is 0 Å². The maximum absolute atomic E-state index is 6.69. The molecule has 58 heavy (non-hydrogen) atoms. The number of furan rings is 3. The van der Waals surface area contributed by atoms with E-state index in [1.807, 2.05) is 24.3 Å². The highest BCUT2D eigenvalue weighted by Crippen LogP contribution is 2.57. The zero-order valence-electron chi connectivity index (χ0n) is 31.2. The molecule has 0 saturated heterocycles. The van der Waals surface area contributed by atoms with E-state index in [9.17, 15) is 0 Å². The second kappa shape index (κ2) is 12.0. The van der Waals surface area contributed by atoms with Crippen molar-refractivity contribution in [1.82, 2.24) is 0 Å². The lowest BCUT2D eigenvalue weighted by molar-refractivity contribution is 0.665. The maximum atomic E-state index is 6.69. The molecule has 2 aliphatic rings. The van der Waals surface area contributed by atoms with E-state index >= 15 is 0 Å². The Morgan fingerprint density at radius 1 is 0.414 bits per heavy atom. The van der Waals surface area contributed by atoms with Gasteiger partial charge in [0.1, 0.15) is 33.5 Å². The van der Waals surface area contributed by atoms with E-state index in [4.69, 9.17) is 13.3 Å². The van der Waals surface area contributed by atoms with E-state index in [1.165, 1.54) is 22.4 Å². The van der Waals surface area contributed by atoms with Crippen molar-refractivity contribution in [2.24, 2.45) is 0 Å². The molecule has 8 aromatic carbocycles. The summed E-state index contributed by atoms with van der Waals surface area (Å²) in [4.78, 5) is 2.52. The molecule has 4 heteroatoms. The first-order chi connectivity index (χ1) is 28.8. The molecule has 0 fully saturated rings. The molecule has 272 valence electrons. The molecule has 13 rings (SSSR count). The van der Waals surface area contributed by atoms with Gasteiger partial charge in [-0.15, -0.1) is 0 Å². The van der Waals surface area contributed by atoms with Gasteiger partial charge in [-0.1, -0.05) is 140 Å². The third kappa shape index (κ3) is 4.45. The number of rotatable bonds is 4. The van der Waals surface area contributed by atoms with E-state index in [0.29, 0.717) is 0 Å². The molecule has 4 nitrogen and oxygen atoms in total. The van der Waals surface area contributed by atoms with Crippen LogP contribution in [-0.4, -0.2) is 6.04 Å². The number of benzene rings is 8. The van der Waals surface area contributed by atoms with Crippen LogP contribution in [0.25, 0.3) is 93.6 Å². The molecule has 0 bridgehead atoms. The summed E-state index contributed by atoms with van der Waals surface area (Å²) in [6.07, 6.45) is 6.89. The molecule has 0 amide bonds. The van der Waals surface area contributed by atoms with Crippen molar-refractivity contribution in [3.05, 3.63) is 199 Å². The number of hydrogen-bond acceptors (Lipinski definition) is 4. The van der Waals surface area contributed by atoms with Crippen LogP contribution in [0.1, 0.15) is 17.0 Å². The van der Waals surface area contributed by atoms with Crippen molar-refractivity contribution in [1.29, 1.82) is 0 Å². The number of hydrogen-bond donors (Lipinski definition) is 0. The Morgan fingerprint density at radius 2 is 0.966 bits per heavy atom. The van der Waals surface area contributed by atoms with Crippen LogP contribution in [0.5, 0.6) is 0 Å². The van der Waals surface area contributed by atoms with Crippen LogP contribution in [0, 0.1) is 0 Å². The van der Waals surface area contributed by atoms with Crippen LogP contribution in [0.4, 0.5) is 11.4 Å². The summed E-state index contributed by atoms with van der Waals surface area (Å²) in [5.74, 6) is 0.00446. The smallest absolute Gasteiger partial charge is 0.143 e. The maximum Gasteiger partial charge on any atom is 0.143 e. The molecule has 0 spiro atoms. The first-order valence-corrected chi connectivity index (χ1v) is 19.9. The molecule has 2 unspecified atom stereocenters. The van der Waals surface area contributed by atoms with Crippen LogP contribution < -0.4 is 4.90 Å². The highest BCUT2D eigenvalue weighted by Gasteiger charge is 2.43. The third-order valence-electron chi connectivity index (χ3n) is 12.5. The van der Waals surface area contributed by atoms with Crippen LogP contribution in [0.2, 0.25) is 0 Å². The summed E-state index contributed by atoms with van der Waals surface area (Å²) in [6, 6.07) is 60.4. The minimum atomic E-state index is 0.00446. The number of fused-ring (bicyclic) bond motifs is 12. The lowest BCUT2D eigenvalue weighted by Gasteiger charge is -2.31. The standard InChI is InChI=1S/C54H33NO3/c1-4-22-47-35(11-1)38-30-27-33(31-50(38)56-47)32-25-28-34(29-26-32)55-45-20-9-14-39(43-18-7-16-41-36-12-2-5-23-48(36)57-53(41)43)51(45)52-40(15-10-21-46(52)55)44-19-8-17-42-37-13-3-6-24-49(37)58-54(42)44/h1-31,45,51H. The molecule has 0 saturated carbocycles. The summed E-state index contributed by atoms with van der Waals surface area (Å²) in [5, 5.41) is 6.79. The van der Waals surface area contributed by atoms with Crippen LogP contribution in [0.3, 0.4) is 0 Å². The third-order valence-corrected chi connectivity index (χ3v) is 12.5. The SMILES string of the molecule is C1=CC2C(C(c3cccc4c3oc3ccccc34)=C1)c1c(-c3cccc4c3oc3ccccc34)cccc1N2c1ccc(-c2ccc3c(c2)oc2ccccc23)cc1. The molecule has 3 aromatic heterocycles. The second-order valence-corrected chi connectivity index (χ2v) is 15.5. The summed E-state index contributed by atoms with van der Waals surface area (Å²) in [7, 11) is 0. The molecule has 0 radical (unpaired) electrons. The number of para-hydroxylation sites is 5. The van der Waals surface area contributed by atoms with Crippen LogP contribution in [0.15, 0.2) is 201 Å². The van der Waals surface area contributed by atoms with Gasteiger partial charge >= 0.3 is 0 Å². The zero-order valence-corrected chi connectivity index (χ0v) is 31.2. The van der Waals surface area contributed by atoms with E-state index in [2.05, 4.69) is 169 Å². The molecular formula is C54H33NO3. The van der Waals surface area contributed by atoms with Gasteiger partial charge in [-0.3, -0.25) is 0 Å². The topological polar surface area (TPSA) is 42.7 Å². The molecule has 4 heterocycles. The second-order valence-electron chi connectivity index (χ2n) is 15.5. The van der Waals surface area contributed by atoms with E-state index in [1.54, 1.807) is 0 Å². The molecule has 11 aromatic rings. The van der Waals surface area contributed by atoms with Gasteiger partial charge < -0.3 is 18.2 Å². The van der Waals surface area contributed by atoms with Gasteiger partial charge in [0.05, 0.1) is 6.04 Å². The Morgan fingerprint density at radius 3 is 1.69 bits per heavy atom. The molecule has 1 aliphatic heterocycles. The average Bonchev–Trinajstić information content (AvgIpc) is 4.05. The minimum Gasteiger partial charge on any atom is -0.456 e. The predicted molar refractivity (Wildman–Crippen MR) is 238 cm³/mol. The molecular weight excluding hydrogens is 711 g/mol. The number of nitrogens with zero attached hydrogens (tertiary/aromatic N) is 1. The van der Waals surface area contributed by atoms with Gasteiger partial charge in [0, 0.05) is 60.7 Å². The van der Waals surface area contributed by atoms with Gasteiger partial charge in [0.2, 0.25) is 0 Å². The fraction of sp³-hybridized carbons (Fsp3) is 0.0370. The lowest BCUT2D eigenvalue weighted by atomic mass is 9.78. The van der Waals surface area contributed by atoms with Crippen molar-refractivity contribution in [3.8, 4) is 22.3 Å². The molecule has 1 aliphatic carbocycles. The first-order valence-electron chi connectivity index (χ1n) is 19.9. The predicted octanol–water partition coefficient (Wildman–Crippen LogP) is 15.0. The summed E-state index contributed by atoms with van der Waals surface area (Å²) in [6.45, 7) is 0. The van der Waals surface area contributed by atoms with Gasteiger partial charge in [-0.05, 0) is 76.4 Å². The Bertz CT molecular complexity index is 3540. The lowest BCUT2D eigenvalue weighted by Crippen LogP contribution is -2.30. The van der Waals surface area contributed by atoms with Crippen molar-refractivity contribution in [2.75, 3.05) is 4.90 Å². The van der Waals surface area contributed by atoms with Crippen molar-refractivity contribution >= 4 is 82.8 Å². The average molecular weight is 744 g/mol. The summed E-state index contributed by atoms with van der Waals surface area (Å²) < 4.78 is 19.6.